The fourth-order valence-corrected chi connectivity index (χ4v) is 9.48. The highest BCUT2D eigenvalue weighted by molar-refractivity contribution is 6.33. The summed E-state index contributed by atoms with van der Waals surface area (Å²) in [6.45, 7) is 6.95. The summed E-state index contributed by atoms with van der Waals surface area (Å²) in [6.07, 6.45) is -0.911. The number of aromatic hydroxyl groups is 1. The molecule has 3 atom stereocenters. The average Bonchev–Trinajstić information content (AvgIpc) is 3.99. The summed E-state index contributed by atoms with van der Waals surface area (Å²) in [7, 11) is 0. The Morgan fingerprint density at radius 1 is 1.09 bits per heavy atom. The molecule has 19 heteroatoms. The van der Waals surface area contributed by atoms with Gasteiger partial charge in [0.15, 0.2) is 17.3 Å². The lowest BCUT2D eigenvalue weighted by Gasteiger charge is -2.39. The number of morpholine rings is 1. The van der Waals surface area contributed by atoms with Crippen LogP contribution >= 0.6 is 11.6 Å². The van der Waals surface area contributed by atoms with Gasteiger partial charge in [-0.1, -0.05) is 18.5 Å². The number of aryl methyl sites for hydroxylation is 2. The summed E-state index contributed by atoms with van der Waals surface area (Å²) in [5.41, 5.74) is 0.420. The lowest BCUT2D eigenvalue weighted by atomic mass is 9.73. The molecular formula is C39H38ClF3N10O5. The number of amides is 2. The first kappa shape index (κ1) is 37.9. The predicted molar refractivity (Wildman–Crippen MR) is 204 cm³/mol. The molecule has 58 heavy (non-hydrogen) atoms. The number of halogens is 4. The van der Waals surface area contributed by atoms with E-state index in [9.17, 15) is 32.7 Å². The molecule has 2 N–H and O–H groups in total. The zero-order chi connectivity index (χ0) is 40.8. The molecule has 3 saturated heterocycles. The van der Waals surface area contributed by atoms with Crippen molar-refractivity contribution in [3.05, 3.63) is 85.9 Å². The quantitative estimate of drug-likeness (QED) is 0.235. The van der Waals surface area contributed by atoms with Gasteiger partial charge >= 0.3 is 6.18 Å². The van der Waals surface area contributed by atoms with Crippen molar-refractivity contribution in [2.24, 2.45) is 0 Å². The first-order chi connectivity index (χ1) is 27.6. The van der Waals surface area contributed by atoms with Crippen LogP contribution in [0.15, 0.2) is 41.5 Å². The molecule has 2 amide bonds. The topological polar surface area (TPSA) is 173 Å². The van der Waals surface area contributed by atoms with Crippen LogP contribution in [-0.4, -0.2) is 94.3 Å². The minimum atomic E-state index is -4.62. The number of ether oxygens (including phenoxy) is 1. The fraction of sp³-hybridized carbons (Fsp3) is 0.436. The maximum atomic E-state index is 14.7. The van der Waals surface area contributed by atoms with E-state index in [1.807, 2.05) is 26.0 Å². The van der Waals surface area contributed by atoms with Crippen LogP contribution < -0.4 is 15.8 Å². The van der Waals surface area contributed by atoms with Crippen LogP contribution in [0.5, 0.6) is 5.75 Å². The van der Waals surface area contributed by atoms with E-state index in [1.165, 1.54) is 10.8 Å². The lowest BCUT2D eigenvalue weighted by molar-refractivity contribution is -0.137. The number of likely N-dealkylation sites (tertiary alicyclic amines) is 1. The molecule has 15 nitrogen and oxygen atoms in total. The van der Waals surface area contributed by atoms with Gasteiger partial charge in [0.1, 0.15) is 18.7 Å². The molecular weight excluding hydrogens is 781 g/mol. The molecule has 1 unspecified atom stereocenters. The number of anilines is 2. The molecule has 7 heterocycles. The van der Waals surface area contributed by atoms with E-state index in [-0.39, 0.29) is 77.1 Å². The van der Waals surface area contributed by atoms with Crippen LogP contribution in [0.25, 0.3) is 17.2 Å². The van der Waals surface area contributed by atoms with E-state index < -0.39 is 34.5 Å². The summed E-state index contributed by atoms with van der Waals surface area (Å²) in [5, 5.41) is 17.6. The first-order valence-electron chi connectivity index (χ1n) is 19.0. The second-order valence-corrected chi connectivity index (χ2v) is 16.1. The number of fused-ring (bicyclic) bond motifs is 5. The summed E-state index contributed by atoms with van der Waals surface area (Å²) in [5.74, 6) is -0.442. The number of nitrogens with one attached hydrogen (secondary N) is 1. The maximum absolute atomic E-state index is 14.7. The van der Waals surface area contributed by atoms with Crippen LogP contribution in [0.2, 0.25) is 5.02 Å². The van der Waals surface area contributed by atoms with Crippen molar-refractivity contribution < 1.29 is 32.6 Å². The molecule has 1 aliphatic carbocycles. The van der Waals surface area contributed by atoms with Gasteiger partial charge in [0.2, 0.25) is 11.7 Å². The summed E-state index contributed by atoms with van der Waals surface area (Å²) in [4.78, 5) is 63.6. The Morgan fingerprint density at radius 2 is 1.86 bits per heavy atom. The molecule has 4 aromatic heterocycles. The highest BCUT2D eigenvalue weighted by atomic mass is 35.5. The number of alkyl halides is 3. The Bertz CT molecular complexity index is 2590. The normalized spacial score (nSPS) is 21.0. The van der Waals surface area contributed by atoms with E-state index in [0.717, 1.165) is 37.0 Å². The number of benzene rings is 1. The van der Waals surface area contributed by atoms with Crippen molar-refractivity contribution in [1.29, 1.82) is 0 Å². The molecule has 4 aliphatic rings. The predicted octanol–water partition coefficient (Wildman–Crippen LogP) is 5.04. The Balaban J connectivity index is 1.09. The van der Waals surface area contributed by atoms with Gasteiger partial charge < -0.3 is 29.5 Å². The number of pyridine rings is 1. The van der Waals surface area contributed by atoms with Crippen LogP contribution in [0.4, 0.5) is 24.7 Å². The minimum absolute atomic E-state index is 0.0124. The van der Waals surface area contributed by atoms with Crippen molar-refractivity contribution in [1.82, 2.24) is 39.0 Å². The number of carbonyl (C=O) groups excluding carboxylic acids is 2. The third-order valence-electron chi connectivity index (χ3n) is 12.1. The van der Waals surface area contributed by atoms with Gasteiger partial charge in [0.25, 0.3) is 11.5 Å². The van der Waals surface area contributed by atoms with Crippen molar-refractivity contribution in [3.8, 4) is 17.1 Å². The van der Waals surface area contributed by atoms with Gasteiger partial charge in [-0.2, -0.15) is 22.7 Å². The Morgan fingerprint density at radius 3 is 2.53 bits per heavy atom. The van der Waals surface area contributed by atoms with Gasteiger partial charge in [0, 0.05) is 41.9 Å². The monoisotopic (exact) mass is 818 g/mol. The Hall–Kier alpha value is -5.62. The number of piperidine rings is 1. The number of hydrogen-bond acceptors (Lipinski definition) is 11. The fourth-order valence-electron chi connectivity index (χ4n) is 9.25. The maximum Gasteiger partial charge on any atom is 0.416 e. The van der Waals surface area contributed by atoms with Gasteiger partial charge in [-0.15, -0.1) is 5.10 Å². The first-order valence-corrected chi connectivity index (χ1v) is 19.4. The zero-order valence-corrected chi connectivity index (χ0v) is 32.4. The molecule has 1 spiro atoms. The van der Waals surface area contributed by atoms with Gasteiger partial charge in [-0.05, 0) is 75.8 Å². The van der Waals surface area contributed by atoms with Crippen molar-refractivity contribution in [2.45, 2.75) is 82.7 Å². The molecule has 3 fully saturated rings. The van der Waals surface area contributed by atoms with Crippen LogP contribution in [0, 0.1) is 13.8 Å². The molecule has 0 radical (unpaired) electrons. The third kappa shape index (κ3) is 6.23. The standard InChI is InChI=1S/C39H38ClF3N10O5/c1-19-14-38(8-10-50(11-9-38)36(57)31-33(55)21(3)44-18-45-31)30-32(19)52(16-29(54)47-27-6-4-22(12-26(27)40)39(41,42)43)37-48-34(49-53(37)35(30)56)25-5-7-28(46-20(25)2)51-15-24-13-23(51)17-58-24/h4-7,12,18-19,23-24,55H,8-11,13-17H2,1-3H3,(H,47,54)/t19?,23-,24-/m1/s1. The van der Waals surface area contributed by atoms with Crippen LogP contribution in [0.1, 0.15) is 77.2 Å². The third-order valence-corrected chi connectivity index (χ3v) is 12.4. The van der Waals surface area contributed by atoms with Crippen molar-refractivity contribution in [2.75, 3.05) is 36.5 Å². The molecule has 1 aromatic carbocycles. The Labute approximate surface area is 333 Å². The van der Waals surface area contributed by atoms with Crippen LogP contribution in [-0.2, 0) is 27.7 Å². The number of carbonyl (C=O) groups is 2. The molecule has 3 aliphatic heterocycles. The van der Waals surface area contributed by atoms with Gasteiger partial charge in [-0.3, -0.25) is 14.4 Å². The van der Waals surface area contributed by atoms with Crippen molar-refractivity contribution >= 4 is 40.7 Å². The van der Waals surface area contributed by atoms with E-state index in [2.05, 4.69) is 20.2 Å². The number of nitrogens with zero attached hydrogens (tertiary/aromatic N) is 9. The van der Waals surface area contributed by atoms with Gasteiger partial charge in [-0.25, -0.2) is 15.0 Å². The summed E-state index contributed by atoms with van der Waals surface area (Å²) >= 11 is 6.21. The number of aromatic nitrogens is 7. The average molecular weight is 819 g/mol. The van der Waals surface area contributed by atoms with E-state index in [4.69, 9.17) is 31.4 Å². The van der Waals surface area contributed by atoms with Gasteiger partial charge in [0.05, 0.1) is 46.4 Å². The molecule has 2 bridgehead atoms. The second-order valence-electron chi connectivity index (χ2n) is 15.7. The second kappa shape index (κ2) is 13.8. The molecule has 302 valence electrons. The molecule has 5 aromatic rings. The molecule has 9 rings (SSSR count). The highest BCUT2D eigenvalue weighted by Gasteiger charge is 2.49. The van der Waals surface area contributed by atoms with E-state index in [1.54, 1.807) is 16.4 Å². The minimum Gasteiger partial charge on any atom is -0.504 e. The Kier molecular flexibility index (Phi) is 8.99. The SMILES string of the molecule is Cc1nc(N2C[C@H]3C[C@@H]2CO3)ccc1-c1nc2n(CC(=O)Nc3ccc(C(F)(F)F)cc3Cl)c3c(c(=O)n2n1)C1(CCN(C(=O)c2ncnc(C)c2O)CC1)CC3C. The van der Waals surface area contributed by atoms with E-state index in [0.29, 0.717) is 48.4 Å². The molecule has 0 saturated carbocycles. The van der Waals surface area contributed by atoms with Crippen molar-refractivity contribution in [3.63, 3.8) is 0 Å². The van der Waals surface area contributed by atoms with E-state index >= 15 is 0 Å². The largest absolute Gasteiger partial charge is 0.504 e. The zero-order valence-electron chi connectivity index (χ0n) is 31.7. The summed E-state index contributed by atoms with van der Waals surface area (Å²) < 4.78 is 48.7. The highest BCUT2D eigenvalue weighted by Crippen LogP contribution is 2.50. The van der Waals surface area contributed by atoms with Crippen LogP contribution in [0.3, 0.4) is 0 Å². The smallest absolute Gasteiger partial charge is 0.416 e. The number of rotatable bonds is 6. The summed E-state index contributed by atoms with van der Waals surface area (Å²) in [6, 6.07) is 6.70. The lowest BCUT2D eigenvalue weighted by Crippen LogP contribution is -2.46. The number of hydrogen-bond donors (Lipinski definition) is 2.